The summed E-state index contributed by atoms with van der Waals surface area (Å²) in [5, 5.41) is 0.204. The van der Waals surface area contributed by atoms with Crippen LogP contribution in [0.5, 0.6) is 0 Å². The summed E-state index contributed by atoms with van der Waals surface area (Å²) in [6, 6.07) is 2.73. The van der Waals surface area contributed by atoms with Gasteiger partial charge >= 0.3 is 0 Å². The number of hydrogen-bond donors (Lipinski definition) is 0. The fourth-order valence-corrected chi connectivity index (χ4v) is 1.65. The lowest BCUT2D eigenvalue weighted by Crippen LogP contribution is -2.05. The number of rotatable bonds is 4. The monoisotopic (exact) mass is 268 g/mol. The molecule has 3 heteroatoms. The van der Waals surface area contributed by atoms with E-state index in [2.05, 4.69) is 29.1 Å². The first-order valence-electron chi connectivity index (χ1n) is 4.32. The third-order valence-electron chi connectivity index (χ3n) is 2.06. The molecule has 0 aromatic heterocycles. The van der Waals surface area contributed by atoms with Crippen LogP contribution >= 0.6 is 15.9 Å². The number of carbonyl (C=O) groups is 1. The van der Waals surface area contributed by atoms with Crippen molar-refractivity contribution in [1.29, 1.82) is 0 Å². The fourth-order valence-electron chi connectivity index (χ4n) is 1.35. The largest absolute Gasteiger partial charge is 0.293 e. The first kappa shape index (κ1) is 11.9. The lowest BCUT2D eigenvalue weighted by molar-refractivity contribution is 0.102. The third kappa shape index (κ3) is 2.23. The average molecular weight is 269 g/mol. The van der Waals surface area contributed by atoms with Crippen molar-refractivity contribution in [2.24, 2.45) is 0 Å². The van der Waals surface area contributed by atoms with Gasteiger partial charge in [0.1, 0.15) is 5.82 Å². The highest BCUT2D eigenvalue weighted by molar-refractivity contribution is 9.09. The van der Waals surface area contributed by atoms with Crippen LogP contribution in [0.3, 0.4) is 0 Å². The Morgan fingerprint density at radius 3 is 2.40 bits per heavy atom. The molecule has 0 radical (unpaired) electrons. The summed E-state index contributed by atoms with van der Waals surface area (Å²) in [5.41, 5.74) is 1.27. The van der Waals surface area contributed by atoms with E-state index in [1.165, 1.54) is 24.3 Å². The highest BCUT2D eigenvalue weighted by atomic mass is 79.9. The van der Waals surface area contributed by atoms with Crippen molar-refractivity contribution in [3.05, 3.63) is 47.8 Å². The van der Waals surface area contributed by atoms with Gasteiger partial charge in [0, 0.05) is 11.1 Å². The lowest BCUT2D eigenvalue weighted by Gasteiger charge is -2.08. The maximum Gasteiger partial charge on any atom is 0.173 e. The van der Waals surface area contributed by atoms with Gasteiger partial charge in [-0.05, 0) is 17.7 Å². The van der Waals surface area contributed by atoms with Gasteiger partial charge in [0.15, 0.2) is 5.78 Å². The van der Waals surface area contributed by atoms with E-state index in [1.807, 2.05) is 0 Å². The molecule has 0 unspecified atom stereocenters. The molecule has 0 aliphatic carbocycles. The number of hydrogen-bond acceptors (Lipinski definition) is 1. The average Bonchev–Trinajstić information content (AvgIpc) is 2.27. The molecule has 0 atom stereocenters. The van der Waals surface area contributed by atoms with Gasteiger partial charge in [-0.1, -0.05) is 41.2 Å². The number of carbonyl (C=O) groups excluding carboxylic acids is 1. The normalized spacial score (nSPS) is 9.73. The Hall–Kier alpha value is -1.22. The number of alkyl halides is 1. The van der Waals surface area contributed by atoms with Crippen LogP contribution in [0.2, 0.25) is 0 Å². The quantitative estimate of drug-likeness (QED) is 0.601. The Labute approximate surface area is 96.4 Å². The second-order valence-electron chi connectivity index (χ2n) is 2.89. The molecule has 0 saturated heterocycles. The Morgan fingerprint density at radius 2 is 1.93 bits per heavy atom. The van der Waals surface area contributed by atoms with Crippen LogP contribution in [0, 0.1) is 5.82 Å². The highest BCUT2D eigenvalue weighted by Crippen LogP contribution is 2.21. The van der Waals surface area contributed by atoms with E-state index in [1.54, 1.807) is 0 Å². The van der Waals surface area contributed by atoms with E-state index in [4.69, 9.17) is 0 Å². The molecular weight excluding hydrogens is 259 g/mol. The van der Waals surface area contributed by atoms with Crippen molar-refractivity contribution < 1.29 is 9.18 Å². The van der Waals surface area contributed by atoms with E-state index in [-0.39, 0.29) is 11.1 Å². The minimum atomic E-state index is -0.397. The predicted octanol–water partition coefficient (Wildman–Crippen LogP) is 3.69. The zero-order valence-electron chi connectivity index (χ0n) is 8.09. The van der Waals surface area contributed by atoms with Crippen LogP contribution in [0.25, 0.3) is 12.2 Å². The summed E-state index contributed by atoms with van der Waals surface area (Å²) < 4.78 is 13.3. The number of Topliss-reactive ketones (excluding diaryl/α,β-unsaturated/α-hetero) is 1. The summed E-state index contributed by atoms with van der Waals surface area (Å²) in [5.74, 6) is -0.501. The van der Waals surface area contributed by atoms with Gasteiger partial charge in [0.2, 0.25) is 0 Å². The Bertz CT molecular complexity index is 424. The molecule has 1 aromatic carbocycles. The van der Waals surface area contributed by atoms with Gasteiger partial charge < -0.3 is 0 Å². The van der Waals surface area contributed by atoms with Crippen LogP contribution in [-0.2, 0) is 0 Å². The van der Waals surface area contributed by atoms with Crippen molar-refractivity contribution in [3.63, 3.8) is 0 Å². The first-order chi connectivity index (χ1) is 7.15. The molecule has 1 aromatic rings. The molecule has 0 aliphatic rings. The number of ketones is 1. The van der Waals surface area contributed by atoms with Gasteiger partial charge in [-0.15, -0.1) is 0 Å². The molecule has 0 amide bonds. The molecule has 0 heterocycles. The van der Waals surface area contributed by atoms with Crippen LogP contribution in [-0.4, -0.2) is 11.1 Å². The summed E-state index contributed by atoms with van der Waals surface area (Å²) in [4.78, 5) is 11.5. The topological polar surface area (TPSA) is 17.1 Å². The van der Waals surface area contributed by atoms with E-state index in [0.29, 0.717) is 16.7 Å². The molecule has 1 rings (SSSR count). The summed E-state index contributed by atoms with van der Waals surface area (Å²) in [6.07, 6.45) is 2.85. The SMILES string of the molecule is C=Cc1c(F)ccc(C(=O)CBr)c1C=C. The second kappa shape index (κ2) is 5.03. The van der Waals surface area contributed by atoms with E-state index in [9.17, 15) is 9.18 Å². The summed E-state index contributed by atoms with van der Waals surface area (Å²) in [7, 11) is 0. The molecule has 0 spiro atoms. The van der Waals surface area contributed by atoms with Crippen molar-refractivity contribution >= 4 is 33.9 Å². The van der Waals surface area contributed by atoms with Gasteiger partial charge in [0.05, 0.1) is 5.33 Å². The second-order valence-corrected chi connectivity index (χ2v) is 3.45. The van der Waals surface area contributed by atoms with Gasteiger partial charge in [-0.25, -0.2) is 4.39 Å². The standard InChI is InChI=1S/C12H10BrFO/c1-3-8-9(4-2)11(14)6-5-10(8)12(15)7-13/h3-6H,1-2,7H2. The van der Waals surface area contributed by atoms with E-state index in [0.717, 1.165) is 0 Å². The zero-order chi connectivity index (χ0) is 11.4. The van der Waals surface area contributed by atoms with Gasteiger partial charge in [-0.2, -0.15) is 0 Å². The maximum absolute atomic E-state index is 13.3. The van der Waals surface area contributed by atoms with Crippen molar-refractivity contribution in [2.45, 2.75) is 0 Å². The molecule has 0 bridgehead atoms. The Kier molecular flexibility index (Phi) is 3.97. The summed E-state index contributed by atoms with van der Waals surface area (Å²) >= 11 is 3.08. The maximum atomic E-state index is 13.3. The van der Waals surface area contributed by atoms with Crippen LogP contribution < -0.4 is 0 Å². The lowest BCUT2D eigenvalue weighted by atomic mass is 9.98. The van der Waals surface area contributed by atoms with E-state index < -0.39 is 5.82 Å². The molecule has 0 N–H and O–H groups in total. The minimum absolute atomic E-state index is 0.104. The zero-order valence-corrected chi connectivity index (χ0v) is 9.68. The molecule has 1 nitrogen and oxygen atoms in total. The van der Waals surface area contributed by atoms with Crippen LogP contribution in [0.4, 0.5) is 4.39 Å². The Balaban J connectivity index is 3.48. The summed E-state index contributed by atoms with van der Waals surface area (Å²) in [6.45, 7) is 7.09. The smallest absolute Gasteiger partial charge is 0.173 e. The van der Waals surface area contributed by atoms with Gasteiger partial charge in [0.25, 0.3) is 0 Å². The first-order valence-corrected chi connectivity index (χ1v) is 5.44. The van der Waals surface area contributed by atoms with Crippen LogP contribution in [0.1, 0.15) is 21.5 Å². The molecule has 15 heavy (non-hydrogen) atoms. The van der Waals surface area contributed by atoms with Crippen molar-refractivity contribution in [1.82, 2.24) is 0 Å². The Morgan fingerprint density at radius 1 is 1.33 bits per heavy atom. The highest BCUT2D eigenvalue weighted by Gasteiger charge is 2.13. The van der Waals surface area contributed by atoms with Crippen molar-refractivity contribution in [2.75, 3.05) is 5.33 Å². The molecule has 0 fully saturated rings. The molecule has 78 valence electrons. The fraction of sp³-hybridized carbons (Fsp3) is 0.0833. The third-order valence-corrected chi connectivity index (χ3v) is 2.57. The molecule has 0 saturated carbocycles. The van der Waals surface area contributed by atoms with Crippen molar-refractivity contribution in [3.8, 4) is 0 Å². The predicted molar refractivity (Wildman–Crippen MR) is 64.7 cm³/mol. The number of benzene rings is 1. The molecular formula is C12H10BrFO. The minimum Gasteiger partial charge on any atom is -0.293 e. The molecule has 0 aliphatic heterocycles. The number of halogens is 2. The van der Waals surface area contributed by atoms with Crippen LogP contribution in [0.15, 0.2) is 25.3 Å². The van der Waals surface area contributed by atoms with Gasteiger partial charge in [-0.3, -0.25) is 4.79 Å². The van der Waals surface area contributed by atoms with E-state index >= 15 is 0 Å².